The molecular formula is C10H11F2N3. The lowest BCUT2D eigenvalue weighted by molar-refractivity contribution is 0.590. The summed E-state index contributed by atoms with van der Waals surface area (Å²) >= 11 is 0. The fourth-order valence-electron chi connectivity index (χ4n) is 1.64. The van der Waals surface area contributed by atoms with Gasteiger partial charge in [0, 0.05) is 13.1 Å². The van der Waals surface area contributed by atoms with Crippen LogP contribution in [0.2, 0.25) is 0 Å². The van der Waals surface area contributed by atoms with E-state index in [4.69, 9.17) is 5.73 Å². The summed E-state index contributed by atoms with van der Waals surface area (Å²) in [6.07, 6.45) is 0. The van der Waals surface area contributed by atoms with E-state index in [-0.39, 0.29) is 11.6 Å². The Labute approximate surface area is 85.5 Å². The summed E-state index contributed by atoms with van der Waals surface area (Å²) in [5.74, 6) is -0.735. The van der Waals surface area contributed by atoms with Crippen LogP contribution < -0.4 is 5.73 Å². The molecule has 0 radical (unpaired) electrons. The zero-order valence-electron chi connectivity index (χ0n) is 8.46. The third-order valence-corrected chi connectivity index (χ3v) is 2.35. The van der Waals surface area contributed by atoms with E-state index in [9.17, 15) is 8.78 Å². The average Bonchev–Trinajstić information content (AvgIpc) is 2.44. The zero-order chi connectivity index (χ0) is 11.2. The Balaban J connectivity index is 2.82. The molecule has 1 heterocycles. The van der Waals surface area contributed by atoms with Crippen LogP contribution in [0.25, 0.3) is 11.0 Å². The smallest absolute Gasteiger partial charge is 0.153 e. The molecule has 0 amide bonds. The fraction of sp³-hybridized carbons (Fsp3) is 0.300. The summed E-state index contributed by atoms with van der Waals surface area (Å²) in [5.41, 5.74) is 6.24. The van der Waals surface area contributed by atoms with E-state index in [2.05, 4.69) is 4.98 Å². The van der Waals surface area contributed by atoms with E-state index in [0.29, 0.717) is 11.3 Å². The Morgan fingerprint density at radius 2 is 2.07 bits per heavy atom. The maximum Gasteiger partial charge on any atom is 0.153 e. The van der Waals surface area contributed by atoms with Crippen LogP contribution in [0, 0.1) is 11.6 Å². The van der Waals surface area contributed by atoms with Crippen LogP contribution in [0.1, 0.15) is 18.8 Å². The number of imidazole rings is 1. The molecule has 0 aliphatic carbocycles. The number of aryl methyl sites for hydroxylation is 1. The van der Waals surface area contributed by atoms with Gasteiger partial charge in [0.2, 0.25) is 0 Å². The first kappa shape index (κ1) is 10.0. The molecule has 80 valence electrons. The predicted octanol–water partition coefficient (Wildman–Crippen LogP) is 1.87. The quantitative estimate of drug-likeness (QED) is 0.782. The van der Waals surface area contributed by atoms with Crippen molar-refractivity contribution in [2.75, 3.05) is 0 Å². The van der Waals surface area contributed by atoms with E-state index < -0.39 is 11.6 Å². The molecular weight excluding hydrogens is 200 g/mol. The van der Waals surface area contributed by atoms with Crippen LogP contribution in [0.4, 0.5) is 8.78 Å². The number of halogens is 2. The Hall–Kier alpha value is -1.49. The molecule has 1 aromatic carbocycles. The third kappa shape index (κ3) is 1.48. The van der Waals surface area contributed by atoms with Crippen LogP contribution in [-0.2, 0) is 7.05 Å². The highest BCUT2D eigenvalue weighted by atomic mass is 19.1. The normalized spacial score (nSPS) is 13.4. The van der Waals surface area contributed by atoms with Crippen LogP contribution in [0.15, 0.2) is 12.1 Å². The number of nitrogens with two attached hydrogens (primary N) is 1. The van der Waals surface area contributed by atoms with Crippen molar-refractivity contribution in [3.63, 3.8) is 0 Å². The highest BCUT2D eigenvalue weighted by Gasteiger charge is 2.15. The molecule has 1 unspecified atom stereocenters. The van der Waals surface area contributed by atoms with Crippen molar-refractivity contribution in [3.05, 3.63) is 29.6 Å². The summed E-state index contributed by atoms with van der Waals surface area (Å²) in [5, 5.41) is 0. The number of benzene rings is 1. The summed E-state index contributed by atoms with van der Waals surface area (Å²) in [6, 6.07) is 1.75. The molecule has 1 aromatic heterocycles. The van der Waals surface area contributed by atoms with Gasteiger partial charge >= 0.3 is 0 Å². The molecule has 0 aliphatic rings. The molecule has 5 heteroatoms. The van der Waals surface area contributed by atoms with Crippen molar-refractivity contribution in [1.29, 1.82) is 0 Å². The lowest BCUT2D eigenvalue weighted by atomic mass is 10.3. The van der Waals surface area contributed by atoms with Crippen LogP contribution in [-0.4, -0.2) is 9.55 Å². The second-order valence-corrected chi connectivity index (χ2v) is 3.57. The number of hydrogen-bond donors (Lipinski definition) is 1. The van der Waals surface area contributed by atoms with E-state index >= 15 is 0 Å². The summed E-state index contributed by atoms with van der Waals surface area (Å²) in [7, 11) is 1.69. The van der Waals surface area contributed by atoms with Gasteiger partial charge in [-0.1, -0.05) is 0 Å². The number of rotatable bonds is 1. The minimum absolute atomic E-state index is 0.159. The summed E-state index contributed by atoms with van der Waals surface area (Å²) < 4.78 is 27.9. The van der Waals surface area contributed by atoms with Crippen LogP contribution in [0.5, 0.6) is 0 Å². The Morgan fingerprint density at radius 1 is 1.40 bits per heavy atom. The first-order valence-electron chi connectivity index (χ1n) is 4.57. The zero-order valence-corrected chi connectivity index (χ0v) is 8.46. The SMILES string of the molecule is CC(N)c1nc2c(F)cc(F)cc2n1C. The summed E-state index contributed by atoms with van der Waals surface area (Å²) in [6.45, 7) is 1.75. The third-order valence-electron chi connectivity index (χ3n) is 2.35. The molecule has 0 aliphatic heterocycles. The van der Waals surface area contributed by atoms with Gasteiger partial charge in [0.25, 0.3) is 0 Å². The van der Waals surface area contributed by atoms with Gasteiger partial charge in [-0.3, -0.25) is 0 Å². The van der Waals surface area contributed by atoms with Crippen molar-refractivity contribution < 1.29 is 8.78 Å². The molecule has 0 saturated carbocycles. The van der Waals surface area contributed by atoms with Crippen molar-refractivity contribution in [3.8, 4) is 0 Å². The average molecular weight is 211 g/mol. The Morgan fingerprint density at radius 3 is 2.67 bits per heavy atom. The fourth-order valence-corrected chi connectivity index (χ4v) is 1.64. The van der Waals surface area contributed by atoms with Gasteiger partial charge in [-0.05, 0) is 13.0 Å². The monoisotopic (exact) mass is 211 g/mol. The molecule has 0 saturated heterocycles. The molecule has 1 atom stereocenters. The Bertz CT molecular complexity index is 517. The predicted molar refractivity (Wildman–Crippen MR) is 53.2 cm³/mol. The first-order chi connectivity index (χ1) is 7.00. The lowest BCUT2D eigenvalue weighted by Gasteiger charge is -2.04. The van der Waals surface area contributed by atoms with Crippen molar-refractivity contribution in [1.82, 2.24) is 9.55 Å². The second-order valence-electron chi connectivity index (χ2n) is 3.57. The van der Waals surface area contributed by atoms with E-state index in [1.54, 1.807) is 18.5 Å². The van der Waals surface area contributed by atoms with Gasteiger partial charge in [0.1, 0.15) is 17.2 Å². The number of fused-ring (bicyclic) bond motifs is 1. The second kappa shape index (κ2) is 3.27. The van der Waals surface area contributed by atoms with Gasteiger partial charge in [-0.25, -0.2) is 13.8 Å². The van der Waals surface area contributed by atoms with Crippen molar-refractivity contribution >= 4 is 11.0 Å². The number of hydrogen-bond acceptors (Lipinski definition) is 2. The molecule has 0 spiro atoms. The first-order valence-corrected chi connectivity index (χ1v) is 4.57. The summed E-state index contributed by atoms with van der Waals surface area (Å²) in [4.78, 5) is 4.05. The molecule has 2 N–H and O–H groups in total. The largest absolute Gasteiger partial charge is 0.330 e. The highest BCUT2D eigenvalue weighted by molar-refractivity contribution is 5.76. The highest BCUT2D eigenvalue weighted by Crippen LogP contribution is 2.21. The molecule has 2 aromatic rings. The molecule has 0 fully saturated rings. The van der Waals surface area contributed by atoms with Crippen LogP contribution >= 0.6 is 0 Å². The van der Waals surface area contributed by atoms with Gasteiger partial charge < -0.3 is 10.3 Å². The Kier molecular flexibility index (Phi) is 2.19. The lowest BCUT2D eigenvalue weighted by Crippen LogP contribution is -2.11. The molecule has 2 rings (SSSR count). The molecule has 15 heavy (non-hydrogen) atoms. The number of aromatic nitrogens is 2. The maximum absolute atomic E-state index is 13.3. The molecule has 0 bridgehead atoms. The van der Waals surface area contributed by atoms with E-state index in [1.807, 2.05) is 0 Å². The van der Waals surface area contributed by atoms with Gasteiger partial charge in [-0.15, -0.1) is 0 Å². The van der Waals surface area contributed by atoms with E-state index in [0.717, 1.165) is 6.07 Å². The maximum atomic E-state index is 13.3. The van der Waals surface area contributed by atoms with Gasteiger partial charge in [0.05, 0.1) is 11.6 Å². The topological polar surface area (TPSA) is 43.8 Å². The van der Waals surface area contributed by atoms with Gasteiger partial charge in [0.15, 0.2) is 5.82 Å². The minimum Gasteiger partial charge on any atom is -0.330 e. The minimum atomic E-state index is -0.660. The molecule has 3 nitrogen and oxygen atoms in total. The van der Waals surface area contributed by atoms with E-state index in [1.165, 1.54) is 6.07 Å². The van der Waals surface area contributed by atoms with Crippen molar-refractivity contribution in [2.45, 2.75) is 13.0 Å². The van der Waals surface area contributed by atoms with Crippen molar-refractivity contribution in [2.24, 2.45) is 12.8 Å². The van der Waals surface area contributed by atoms with Crippen LogP contribution in [0.3, 0.4) is 0 Å². The standard InChI is InChI=1S/C10H11F2N3/c1-5(13)10-14-9-7(12)3-6(11)4-8(9)15(10)2/h3-5H,13H2,1-2H3. The number of nitrogens with zero attached hydrogens (tertiary/aromatic N) is 2. The van der Waals surface area contributed by atoms with Gasteiger partial charge in [-0.2, -0.15) is 0 Å².